The molecule has 35 heavy (non-hydrogen) atoms. The lowest BCUT2D eigenvalue weighted by molar-refractivity contribution is 0.0374. The summed E-state index contributed by atoms with van der Waals surface area (Å²) < 4.78 is 26.9. The van der Waals surface area contributed by atoms with Gasteiger partial charge in [0.1, 0.15) is 11.4 Å². The first-order valence-electron chi connectivity index (χ1n) is 11.4. The molecule has 10 heteroatoms. The van der Waals surface area contributed by atoms with E-state index in [1.54, 1.807) is 31.4 Å². The van der Waals surface area contributed by atoms with E-state index < -0.39 is 5.91 Å². The van der Waals surface area contributed by atoms with Gasteiger partial charge < -0.3 is 34.3 Å². The van der Waals surface area contributed by atoms with Crippen molar-refractivity contribution >= 4 is 17.5 Å². The van der Waals surface area contributed by atoms with Crippen LogP contribution in [0.3, 0.4) is 0 Å². The topological polar surface area (TPSA) is 108 Å². The average molecular weight is 488 g/mol. The van der Waals surface area contributed by atoms with Crippen LogP contribution in [0.15, 0.2) is 30.3 Å². The molecule has 0 bridgehead atoms. The molecule has 0 aliphatic carbocycles. The summed E-state index contributed by atoms with van der Waals surface area (Å²) in [6.07, 6.45) is 0.781. The fourth-order valence-corrected chi connectivity index (χ4v) is 3.81. The lowest BCUT2D eigenvalue weighted by Gasteiger charge is -2.26. The third kappa shape index (κ3) is 6.55. The standard InChI is InChI=1S/C25H33N3O7/c1-31-18-8-6-17(7-9-18)24(29)27-21-19(16-20(32-2)22(33-3)23(21)34-4)25(30)26-10-5-11-28-12-14-35-15-13-28/h6-9,16H,5,10-15H2,1-4H3,(H,26,30)(H,27,29). The number of ether oxygens (including phenoxy) is 5. The predicted molar refractivity (Wildman–Crippen MR) is 131 cm³/mol. The minimum atomic E-state index is -0.417. The number of carbonyl (C=O) groups is 2. The highest BCUT2D eigenvalue weighted by molar-refractivity contribution is 6.11. The molecule has 2 amide bonds. The van der Waals surface area contributed by atoms with E-state index in [0.29, 0.717) is 23.6 Å². The lowest BCUT2D eigenvalue weighted by atomic mass is 10.1. The van der Waals surface area contributed by atoms with E-state index in [-0.39, 0.29) is 28.7 Å². The molecular weight excluding hydrogens is 454 g/mol. The van der Waals surface area contributed by atoms with Gasteiger partial charge in [-0.3, -0.25) is 14.5 Å². The van der Waals surface area contributed by atoms with E-state index in [2.05, 4.69) is 15.5 Å². The summed E-state index contributed by atoms with van der Waals surface area (Å²) in [5, 5.41) is 5.74. The van der Waals surface area contributed by atoms with Crippen LogP contribution in [0.5, 0.6) is 23.0 Å². The van der Waals surface area contributed by atoms with Crippen molar-refractivity contribution in [3.63, 3.8) is 0 Å². The number of benzene rings is 2. The van der Waals surface area contributed by atoms with Gasteiger partial charge >= 0.3 is 0 Å². The van der Waals surface area contributed by atoms with Crippen LogP contribution < -0.4 is 29.6 Å². The van der Waals surface area contributed by atoms with Gasteiger partial charge in [-0.25, -0.2) is 0 Å². The molecule has 1 fully saturated rings. The summed E-state index contributed by atoms with van der Waals surface area (Å²) in [6.45, 7) is 4.58. The first-order valence-corrected chi connectivity index (χ1v) is 11.4. The molecule has 3 rings (SSSR count). The predicted octanol–water partition coefficient (Wildman–Crippen LogP) is 2.43. The Balaban J connectivity index is 1.82. The molecular formula is C25H33N3O7. The molecule has 0 saturated carbocycles. The number of nitrogens with one attached hydrogen (secondary N) is 2. The molecule has 2 aromatic rings. The molecule has 190 valence electrons. The van der Waals surface area contributed by atoms with Crippen molar-refractivity contribution in [3.05, 3.63) is 41.5 Å². The normalized spacial score (nSPS) is 13.6. The Morgan fingerprint density at radius 1 is 0.914 bits per heavy atom. The van der Waals surface area contributed by atoms with Gasteiger partial charge in [-0.05, 0) is 43.3 Å². The average Bonchev–Trinajstić information content (AvgIpc) is 2.90. The molecule has 0 aromatic heterocycles. The lowest BCUT2D eigenvalue weighted by Crippen LogP contribution is -2.38. The number of carbonyl (C=O) groups excluding carboxylic acids is 2. The maximum atomic E-state index is 13.2. The largest absolute Gasteiger partial charge is 0.497 e. The Kier molecular flexibility index (Phi) is 9.56. The Hall–Kier alpha value is -3.50. The number of amides is 2. The summed E-state index contributed by atoms with van der Waals surface area (Å²) in [5.74, 6) is 0.611. The van der Waals surface area contributed by atoms with E-state index in [4.69, 9.17) is 23.7 Å². The van der Waals surface area contributed by atoms with Gasteiger partial charge in [0, 0.05) is 25.2 Å². The number of rotatable bonds is 11. The summed E-state index contributed by atoms with van der Waals surface area (Å²) >= 11 is 0. The number of hydrogen-bond donors (Lipinski definition) is 2. The van der Waals surface area contributed by atoms with Crippen LogP contribution in [0.2, 0.25) is 0 Å². The Labute approximate surface area is 205 Å². The molecule has 0 unspecified atom stereocenters. The fraction of sp³-hybridized carbons (Fsp3) is 0.440. The van der Waals surface area contributed by atoms with Crippen molar-refractivity contribution in [1.29, 1.82) is 0 Å². The molecule has 2 aromatic carbocycles. The van der Waals surface area contributed by atoms with Crippen molar-refractivity contribution in [1.82, 2.24) is 10.2 Å². The molecule has 1 aliphatic heterocycles. The molecule has 0 spiro atoms. The van der Waals surface area contributed by atoms with Crippen LogP contribution >= 0.6 is 0 Å². The zero-order valence-corrected chi connectivity index (χ0v) is 20.6. The number of methoxy groups -OCH3 is 4. The molecule has 1 aliphatic rings. The molecule has 0 atom stereocenters. The van der Waals surface area contributed by atoms with Crippen molar-refractivity contribution < 1.29 is 33.3 Å². The second-order valence-electron chi connectivity index (χ2n) is 7.81. The molecule has 1 saturated heterocycles. The summed E-state index contributed by atoms with van der Waals surface area (Å²) in [4.78, 5) is 28.5. The van der Waals surface area contributed by atoms with Crippen LogP contribution in [-0.4, -0.2) is 84.5 Å². The number of hydrogen-bond acceptors (Lipinski definition) is 8. The zero-order valence-electron chi connectivity index (χ0n) is 20.6. The number of nitrogens with zero attached hydrogens (tertiary/aromatic N) is 1. The van der Waals surface area contributed by atoms with E-state index in [1.807, 2.05) is 0 Å². The van der Waals surface area contributed by atoms with Gasteiger partial charge in [0.25, 0.3) is 11.8 Å². The monoisotopic (exact) mass is 487 g/mol. The van der Waals surface area contributed by atoms with E-state index in [1.165, 1.54) is 27.4 Å². The Morgan fingerprint density at radius 2 is 1.60 bits per heavy atom. The molecule has 10 nitrogen and oxygen atoms in total. The number of anilines is 1. The quantitative estimate of drug-likeness (QED) is 0.466. The molecule has 1 heterocycles. The second kappa shape index (κ2) is 12.8. The van der Waals surface area contributed by atoms with E-state index >= 15 is 0 Å². The highest BCUT2D eigenvalue weighted by atomic mass is 16.5. The van der Waals surface area contributed by atoms with Crippen LogP contribution in [0.4, 0.5) is 5.69 Å². The van der Waals surface area contributed by atoms with Crippen LogP contribution in [0.1, 0.15) is 27.1 Å². The zero-order chi connectivity index (χ0) is 25.2. The highest BCUT2D eigenvalue weighted by Gasteiger charge is 2.26. The molecule has 2 N–H and O–H groups in total. The summed E-state index contributed by atoms with van der Waals surface area (Å²) in [6, 6.07) is 8.16. The summed E-state index contributed by atoms with van der Waals surface area (Å²) in [7, 11) is 5.91. The first-order chi connectivity index (χ1) is 17.0. The van der Waals surface area contributed by atoms with E-state index in [9.17, 15) is 9.59 Å². The SMILES string of the molecule is COc1ccc(C(=O)Nc2c(C(=O)NCCCN3CCOCC3)cc(OC)c(OC)c2OC)cc1. The van der Waals surface area contributed by atoms with Crippen LogP contribution in [0.25, 0.3) is 0 Å². The Bertz CT molecular complexity index is 1010. The van der Waals surface area contributed by atoms with E-state index in [0.717, 1.165) is 39.3 Å². The van der Waals surface area contributed by atoms with Crippen molar-refractivity contribution in [3.8, 4) is 23.0 Å². The number of morpholine rings is 1. The highest BCUT2D eigenvalue weighted by Crippen LogP contribution is 2.45. The van der Waals surface area contributed by atoms with Crippen LogP contribution in [0, 0.1) is 0 Å². The maximum Gasteiger partial charge on any atom is 0.255 e. The fourth-order valence-electron chi connectivity index (χ4n) is 3.81. The third-order valence-electron chi connectivity index (χ3n) is 5.71. The van der Waals surface area contributed by atoms with Gasteiger partial charge in [-0.15, -0.1) is 0 Å². The van der Waals surface area contributed by atoms with Gasteiger partial charge in [0.2, 0.25) is 5.75 Å². The van der Waals surface area contributed by atoms with Crippen molar-refractivity contribution in [2.75, 3.05) is 73.1 Å². The van der Waals surface area contributed by atoms with Gasteiger partial charge in [0.15, 0.2) is 11.5 Å². The first kappa shape index (κ1) is 26.1. The van der Waals surface area contributed by atoms with Gasteiger partial charge in [-0.2, -0.15) is 0 Å². The minimum absolute atomic E-state index is 0.187. The maximum absolute atomic E-state index is 13.2. The van der Waals surface area contributed by atoms with Crippen molar-refractivity contribution in [2.24, 2.45) is 0 Å². The smallest absolute Gasteiger partial charge is 0.255 e. The molecule has 0 radical (unpaired) electrons. The van der Waals surface area contributed by atoms with Crippen molar-refractivity contribution in [2.45, 2.75) is 6.42 Å². The minimum Gasteiger partial charge on any atom is -0.497 e. The third-order valence-corrected chi connectivity index (χ3v) is 5.71. The Morgan fingerprint density at radius 3 is 2.20 bits per heavy atom. The van der Waals surface area contributed by atoms with Gasteiger partial charge in [-0.1, -0.05) is 0 Å². The van der Waals surface area contributed by atoms with Crippen LogP contribution in [-0.2, 0) is 4.74 Å². The second-order valence-corrected chi connectivity index (χ2v) is 7.81. The summed E-state index contributed by atoms with van der Waals surface area (Å²) in [5.41, 5.74) is 0.781. The van der Waals surface area contributed by atoms with Gasteiger partial charge in [0.05, 0.1) is 47.2 Å².